The zero-order valence-electron chi connectivity index (χ0n) is 24.4. The lowest BCUT2D eigenvalue weighted by Gasteiger charge is -2.30. The van der Waals surface area contributed by atoms with Crippen LogP contribution < -0.4 is 0 Å². The molecule has 0 bridgehead atoms. The number of ether oxygens (including phenoxy) is 1. The lowest BCUT2D eigenvalue weighted by atomic mass is 10.0. The van der Waals surface area contributed by atoms with Crippen molar-refractivity contribution in [3.63, 3.8) is 0 Å². The minimum absolute atomic E-state index is 0. The summed E-state index contributed by atoms with van der Waals surface area (Å²) in [5.74, 6) is 0.0442. The SMILES string of the molecule is CCCCCCCCCCCCCCCC(=O)OC(CN1CCCCCC1)CN1CCCCCC1.Cl.Cl. The van der Waals surface area contributed by atoms with E-state index < -0.39 is 0 Å². The molecule has 0 saturated carbocycles. The molecule has 37 heavy (non-hydrogen) atoms. The molecule has 6 heteroatoms. The Labute approximate surface area is 243 Å². The van der Waals surface area contributed by atoms with Crippen molar-refractivity contribution in [2.75, 3.05) is 39.3 Å². The summed E-state index contributed by atoms with van der Waals surface area (Å²) in [4.78, 5) is 17.8. The molecule has 0 aromatic carbocycles. The second-order valence-corrected chi connectivity index (χ2v) is 11.5. The van der Waals surface area contributed by atoms with Crippen molar-refractivity contribution in [1.82, 2.24) is 9.80 Å². The number of carbonyl (C=O) groups excluding carboxylic acids is 1. The summed E-state index contributed by atoms with van der Waals surface area (Å²) in [6, 6.07) is 0. The number of unbranched alkanes of at least 4 members (excludes halogenated alkanes) is 12. The number of hydrogen-bond acceptors (Lipinski definition) is 4. The van der Waals surface area contributed by atoms with Gasteiger partial charge in [0.25, 0.3) is 0 Å². The van der Waals surface area contributed by atoms with Crippen molar-refractivity contribution in [2.45, 2.75) is 154 Å². The highest BCUT2D eigenvalue weighted by Crippen LogP contribution is 2.16. The first-order chi connectivity index (χ1) is 17.3. The van der Waals surface area contributed by atoms with Crippen LogP contribution in [0.3, 0.4) is 0 Å². The molecule has 2 aliphatic heterocycles. The van der Waals surface area contributed by atoms with Gasteiger partial charge in [0.05, 0.1) is 0 Å². The Morgan fingerprint density at radius 3 is 1.30 bits per heavy atom. The molecule has 0 spiro atoms. The van der Waals surface area contributed by atoms with Crippen LogP contribution in [0.1, 0.15) is 148 Å². The van der Waals surface area contributed by atoms with Crippen molar-refractivity contribution < 1.29 is 9.53 Å². The van der Waals surface area contributed by atoms with Gasteiger partial charge in [-0.3, -0.25) is 14.6 Å². The molecule has 0 aliphatic carbocycles. The van der Waals surface area contributed by atoms with Crippen LogP contribution in [0.2, 0.25) is 0 Å². The highest BCUT2D eigenvalue weighted by molar-refractivity contribution is 5.85. The summed E-state index contributed by atoms with van der Waals surface area (Å²) in [5, 5.41) is 0. The average Bonchev–Trinajstić information content (AvgIpc) is 3.27. The highest BCUT2D eigenvalue weighted by Gasteiger charge is 2.22. The molecule has 2 fully saturated rings. The van der Waals surface area contributed by atoms with E-state index in [1.54, 1.807) is 0 Å². The van der Waals surface area contributed by atoms with E-state index in [0.29, 0.717) is 6.42 Å². The van der Waals surface area contributed by atoms with E-state index in [4.69, 9.17) is 4.74 Å². The fraction of sp³-hybridized carbons (Fsp3) is 0.968. The van der Waals surface area contributed by atoms with Crippen LogP contribution in [-0.4, -0.2) is 61.1 Å². The first-order valence-corrected chi connectivity index (χ1v) is 15.9. The first-order valence-electron chi connectivity index (χ1n) is 15.9. The van der Waals surface area contributed by atoms with Crippen molar-refractivity contribution in [3.05, 3.63) is 0 Å². The second kappa shape index (κ2) is 26.2. The molecule has 222 valence electrons. The third-order valence-electron chi connectivity index (χ3n) is 8.10. The number of carbonyl (C=O) groups is 1. The van der Waals surface area contributed by atoms with Crippen molar-refractivity contribution in [1.29, 1.82) is 0 Å². The predicted octanol–water partition coefficient (Wildman–Crippen LogP) is 8.98. The van der Waals surface area contributed by atoms with Gasteiger partial charge >= 0.3 is 5.97 Å². The maximum Gasteiger partial charge on any atom is 0.306 e. The summed E-state index contributed by atoms with van der Waals surface area (Å²) >= 11 is 0. The van der Waals surface area contributed by atoms with E-state index in [2.05, 4.69) is 16.7 Å². The molecule has 0 aromatic heterocycles. The van der Waals surface area contributed by atoms with Crippen LogP contribution in [-0.2, 0) is 9.53 Å². The molecule has 0 radical (unpaired) electrons. The molecule has 2 aliphatic rings. The standard InChI is InChI=1S/C31H60N2O2.2ClH/c1-2-3-4-5-6-7-8-9-10-11-12-13-18-23-31(34)35-30(28-32-24-19-14-15-20-25-32)29-33-26-21-16-17-22-27-33;;/h30H,2-29H2,1H3;2*1H. The highest BCUT2D eigenvalue weighted by atomic mass is 35.5. The fourth-order valence-electron chi connectivity index (χ4n) is 5.88. The summed E-state index contributed by atoms with van der Waals surface area (Å²) in [6.07, 6.45) is 28.6. The normalized spacial score (nSPS) is 17.5. The summed E-state index contributed by atoms with van der Waals surface area (Å²) < 4.78 is 6.12. The molecule has 2 heterocycles. The smallest absolute Gasteiger partial charge is 0.306 e. The monoisotopic (exact) mass is 564 g/mol. The van der Waals surface area contributed by atoms with E-state index in [1.165, 1.54) is 155 Å². The average molecular weight is 566 g/mol. The second-order valence-electron chi connectivity index (χ2n) is 11.5. The number of likely N-dealkylation sites (tertiary alicyclic amines) is 2. The third-order valence-corrected chi connectivity index (χ3v) is 8.10. The van der Waals surface area contributed by atoms with Crippen molar-refractivity contribution in [3.8, 4) is 0 Å². The molecular formula is C31H62Cl2N2O2. The Morgan fingerprint density at radius 1 is 0.568 bits per heavy atom. The fourth-order valence-corrected chi connectivity index (χ4v) is 5.88. The number of nitrogens with zero attached hydrogens (tertiary/aromatic N) is 2. The first kappa shape index (κ1) is 37.0. The minimum atomic E-state index is 0. The van der Waals surface area contributed by atoms with Crippen LogP contribution in [0.15, 0.2) is 0 Å². The Hall–Kier alpha value is -0.0300. The zero-order chi connectivity index (χ0) is 24.8. The number of rotatable bonds is 19. The van der Waals surface area contributed by atoms with E-state index in [-0.39, 0.29) is 36.9 Å². The Bertz CT molecular complexity index is 472. The largest absolute Gasteiger partial charge is 0.460 e. The Kier molecular flexibility index (Phi) is 26.2. The van der Waals surface area contributed by atoms with Gasteiger partial charge in [0, 0.05) is 19.5 Å². The molecule has 2 saturated heterocycles. The number of hydrogen-bond donors (Lipinski definition) is 0. The quantitative estimate of drug-likeness (QED) is 0.116. The van der Waals surface area contributed by atoms with Gasteiger partial charge in [-0.05, 0) is 58.3 Å². The zero-order valence-corrected chi connectivity index (χ0v) is 26.0. The molecular weight excluding hydrogens is 503 g/mol. The van der Waals surface area contributed by atoms with Crippen molar-refractivity contribution in [2.24, 2.45) is 0 Å². The lowest BCUT2D eigenvalue weighted by molar-refractivity contribution is -0.151. The topological polar surface area (TPSA) is 32.8 Å². The number of halogens is 2. The third kappa shape index (κ3) is 20.5. The van der Waals surface area contributed by atoms with E-state index in [0.717, 1.165) is 19.5 Å². The predicted molar refractivity (Wildman–Crippen MR) is 165 cm³/mol. The molecule has 0 aromatic rings. The van der Waals surface area contributed by atoms with Crippen LogP contribution in [0.4, 0.5) is 0 Å². The Morgan fingerprint density at radius 2 is 0.919 bits per heavy atom. The van der Waals surface area contributed by atoms with Gasteiger partial charge in [-0.15, -0.1) is 24.8 Å². The maximum atomic E-state index is 12.7. The molecule has 0 atom stereocenters. The lowest BCUT2D eigenvalue weighted by Crippen LogP contribution is -2.43. The summed E-state index contributed by atoms with van der Waals surface area (Å²) in [6.45, 7) is 8.84. The van der Waals surface area contributed by atoms with E-state index >= 15 is 0 Å². The van der Waals surface area contributed by atoms with Crippen LogP contribution in [0.25, 0.3) is 0 Å². The van der Waals surface area contributed by atoms with Crippen LogP contribution in [0.5, 0.6) is 0 Å². The van der Waals surface area contributed by atoms with E-state index in [9.17, 15) is 4.79 Å². The van der Waals surface area contributed by atoms with Gasteiger partial charge < -0.3 is 4.74 Å². The van der Waals surface area contributed by atoms with Crippen LogP contribution >= 0.6 is 24.8 Å². The van der Waals surface area contributed by atoms with Gasteiger partial charge in [0.15, 0.2) is 0 Å². The molecule has 2 rings (SSSR count). The van der Waals surface area contributed by atoms with E-state index in [1.807, 2.05) is 0 Å². The molecule has 0 amide bonds. The molecule has 0 N–H and O–H groups in total. The summed E-state index contributed by atoms with van der Waals surface area (Å²) in [5.41, 5.74) is 0. The minimum Gasteiger partial charge on any atom is -0.460 e. The summed E-state index contributed by atoms with van der Waals surface area (Å²) in [7, 11) is 0. The molecule has 0 unspecified atom stereocenters. The maximum absolute atomic E-state index is 12.7. The number of esters is 1. The van der Waals surface area contributed by atoms with Gasteiger partial charge in [-0.25, -0.2) is 0 Å². The van der Waals surface area contributed by atoms with Crippen LogP contribution in [0, 0.1) is 0 Å². The molecule has 4 nitrogen and oxygen atoms in total. The van der Waals surface area contributed by atoms with Crippen molar-refractivity contribution >= 4 is 30.8 Å². The Balaban J connectivity index is 0.00000648. The van der Waals surface area contributed by atoms with Gasteiger partial charge in [0.1, 0.15) is 6.10 Å². The van der Waals surface area contributed by atoms with Gasteiger partial charge in [0.2, 0.25) is 0 Å². The van der Waals surface area contributed by atoms with Gasteiger partial charge in [-0.2, -0.15) is 0 Å². The van der Waals surface area contributed by atoms with Gasteiger partial charge in [-0.1, -0.05) is 110 Å².